The Kier molecular flexibility index (Phi) is 3.92. The Labute approximate surface area is 135 Å². The van der Waals surface area contributed by atoms with Crippen molar-refractivity contribution in [3.63, 3.8) is 0 Å². The van der Waals surface area contributed by atoms with E-state index in [0.717, 1.165) is 16.5 Å². The zero-order valence-electron chi connectivity index (χ0n) is 12.8. The largest absolute Gasteiger partial charge is 0.481 e. The molecule has 1 N–H and O–H groups in total. The van der Waals surface area contributed by atoms with Crippen LogP contribution in [0.3, 0.4) is 0 Å². The van der Waals surface area contributed by atoms with Gasteiger partial charge < -0.3 is 4.74 Å². The molecule has 6 heteroatoms. The summed E-state index contributed by atoms with van der Waals surface area (Å²) in [6, 6.07) is 15.5. The van der Waals surface area contributed by atoms with Gasteiger partial charge in [0.1, 0.15) is 0 Å². The second-order valence-electron chi connectivity index (χ2n) is 5.18. The van der Waals surface area contributed by atoms with Crippen molar-refractivity contribution < 1.29 is 13.2 Å². The van der Waals surface area contributed by atoms with E-state index in [-0.39, 0.29) is 4.90 Å². The van der Waals surface area contributed by atoms with Crippen LogP contribution in [0.15, 0.2) is 59.5 Å². The Morgan fingerprint density at radius 1 is 1.00 bits per heavy atom. The minimum absolute atomic E-state index is 0.232. The molecule has 0 amide bonds. The average Bonchev–Trinajstić information content (AvgIpc) is 2.54. The van der Waals surface area contributed by atoms with Crippen molar-refractivity contribution >= 4 is 26.6 Å². The summed E-state index contributed by atoms with van der Waals surface area (Å²) in [6.07, 6.45) is 0. The van der Waals surface area contributed by atoms with Gasteiger partial charge in [0.2, 0.25) is 5.88 Å². The molecule has 23 heavy (non-hydrogen) atoms. The van der Waals surface area contributed by atoms with E-state index in [1.54, 1.807) is 55.6 Å². The number of hydrogen-bond donors (Lipinski definition) is 1. The van der Waals surface area contributed by atoms with Crippen molar-refractivity contribution in [2.24, 2.45) is 0 Å². The lowest BCUT2D eigenvalue weighted by atomic mass is 10.2. The zero-order valence-corrected chi connectivity index (χ0v) is 13.6. The van der Waals surface area contributed by atoms with E-state index < -0.39 is 10.0 Å². The molecule has 0 fully saturated rings. The maximum Gasteiger partial charge on any atom is 0.261 e. The van der Waals surface area contributed by atoms with E-state index in [1.165, 1.54) is 0 Å². The highest BCUT2D eigenvalue weighted by molar-refractivity contribution is 7.92. The van der Waals surface area contributed by atoms with E-state index in [4.69, 9.17) is 4.74 Å². The van der Waals surface area contributed by atoms with Crippen molar-refractivity contribution in [2.45, 2.75) is 11.8 Å². The fourth-order valence-electron chi connectivity index (χ4n) is 2.22. The summed E-state index contributed by atoms with van der Waals surface area (Å²) in [7, 11) is -2.05. The number of anilines is 1. The van der Waals surface area contributed by atoms with Crippen molar-refractivity contribution in [1.29, 1.82) is 0 Å². The molecule has 5 nitrogen and oxygen atoms in total. The number of nitrogens with zero attached hydrogens (tertiary/aromatic N) is 1. The Morgan fingerprint density at radius 3 is 2.43 bits per heavy atom. The van der Waals surface area contributed by atoms with Crippen LogP contribution in [0.5, 0.6) is 5.88 Å². The molecular formula is C17H16N2O3S. The molecule has 0 unspecified atom stereocenters. The van der Waals surface area contributed by atoms with Crippen LogP contribution in [0.25, 0.3) is 10.9 Å². The molecule has 0 saturated heterocycles. The summed E-state index contributed by atoms with van der Waals surface area (Å²) in [4.78, 5) is 4.53. The number of aryl methyl sites for hydroxylation is 1. The maximum absolute atomic E-state index is 12.4. The molecule has 0 bridgehead atoms. The van der Waals surface area contributed by atoms with Gasteiger partial charge in [-0.2, -0.15) is 0 Å². The van der Waals surface area contributed by atoms with Gasteiger partial charge >= 0.3 is 0 Å². The lowest BCUT2D eigenvalue weighted by Gasteiger charge is -2.09. The maximum atomic E-state index is 12.4. The van der Waals surface area contributed by atoms with Crippen LogP contribution in [0.4, 0.5) is 5.69 Å². The van der Waals surface area contributed by atoms with Gasteiger partial charge in [0.15, 0.2) is 0 Å². The normalized spacial score (nSPS) is 11.4. The highest BCUT2D eigenvalue weighted by Crippen LogP contribution is 2.22. The lowest BCUT2D eigenvalue weighted by Crippen LogP contribution is -2.12. The third-order valence-corrected chi connectivity index (χ3v) is 4.85. The Bertz CT molecular complexity index is 951. The highest BCUT2D eigenvalue weighted by Gasteiger charge is 2.14. The van der Waals surface area contributed by atoms with Gasteiger partial charge in [0.25, 0.3) is 10.0 Å². The van der Waals surface area contributed by atoms with E-state index in [2.05, 4.69) is 9.71 Å². The number of aromatic nitrogens is 1. The van der Waals surface area contributed by atoms with Gasteiger partial charge in [-0.3, -0.25) is 4.72 Å². The van der Waals surface area contributed by atoms with Gasteiger partial charge in [-0.25, -0.2) is 13.4 Å². The number of nitrogens with one attached hydrogen (secondary N) is 1. The number of sulfonamides is 1. The molecule has 0 saturated carbocycles. The molecule has 0 atom stereocenters. The van der Waals surface area contributed by atoms with E-state index >= 15 is 0 Å². The topological polar surface area (TPSA) is 68.3 Å². The van der Waals surface area contributed by atoms with Gasteiger partial charge in [0, 0.05) is 17.1 Å². The standard InChI is InChI=1S/C17H16N2O3S/c1-12-3-7-15(8-4-12)23(20,21)19-14-6-9-16-13(11-14)5-10-17(18-16)22-2/h3-11,19H,1-2H3. The number of rotatable bonds is 4. The smallest absolute Gasteiger partial charge is 0.261 e. The second-order valence-corrected chi connectivity index (χ2v) is 6.86. The Balaban J connectivity index is 1.93. The molecule has 3 aromatic rings. The Morgan fingerprint density at radius 2 is 1.74 bits per heavy atom. The van der Waals surface area contributed by atoms with Gasteiger partial charge in [-0.1, -0.05) is 17.7 Å². The van der Waals surface area contributed by atoms with Crippen LogP contribution in [0.1, 0.15) is 5.56 Å². The summed E-state index contributed by atoms with van der Waals surface area (Å²) >= 11 is 0. The number of benzene rings is 2. The van der Waals surface area contributed by atoms with Gasteiger partial charge in [-0.05, 0) is 43.3 Å². The summed E-state index contributed by atoms with van der Waals surface area (Å²) in [6.45, 7) is 1.91. The molecule has 0 aliphatic heterocycles. The first-order chi connectivity index (χ1) is 11.0. The van der Waals surface area contributed by atoms with Crippen molar-refractivity contribution in [2.75, 3.05) is 11.8 Å². The Hall–Kier alpha value is -2.60. The molecule has 1 aromatic heterocycles. The third kappa shape index (κ3) is 3.27. The van der Waals surface area contributed by atoms with Crippen LogP contribution in [0, 0.1) is 6.92 Å². The first-order valence-electron chi connectivity index (χ1n) is 7.02. The van der Waals surface area contributed by atoms with Crippen LogP contribution >= 0.6 is 0 Å². The first-order valence-corrected chi connectivity index (χ1v) is 8.50. The molecule has 118 valence electrons. The van der Waals surface area contributed by atoms with Gasteiger partial charge in [0.05, 0.1) is 17.5 Å². The second kappa shape index (κ2) is 5.89. The van der Waals surface area contributed by atoms with Gasteiger partial charge in [-0.15, -0.1) is 0 Å². The third-order valence-electron chi connectivity index (χ3n) is 3.46. The van der Waals surface area contributed by atoms with E-state index in [1.807, 2.05) is 13.0 Å². The summed E-state index contributed by atoms with van der Waals surface area (Å²) < 4.78 is 32.5. The summed E-state index contributed by atoms with van der Waals surface area (Å²) in [5.41, 5.74) is 2.24. The molecule has 0 spiro atoms. The lowest BCUT2D eigenvalue weighted by molar-refractivity contribution is 0.399. The molecule has 3 rings (SSSR count). The molecule has 2 aromatic carbocycles. The number of methoxy groups -OCH3 is 1. The van der Waals surface area contributed by atoms with E-state index in [0.29, 0.717) is 11.6 Å². The van der Waals surface area contributed by atoms with Crippen LogP contribution < -0.4 is 9.46 Å². The van der Waals surface area contributed by atoms with Crippen LogP contribution in [-0.4, -0.2) is 20.5 Å². The highest BCUT2D eigenvalue weighted by atomic mass is 32.2. The fourth-order valence-corrected chi connectivity index (χ4v) is 3.27. The van der Waals surface area contributed by atoms with Crippen molar-refractivity contribution in [3.05, 3.63) is 60.2 Å². The summed E-state index contributed by atoms with van der Waals surface area (Å²) in [5, 5.41) is 0.829. The SMILES string of the molecule is COc1ccc2cc(NS(=O)(=O)c3ccc(C)cc3)ccc2n1. The fraction of sp³-hybridized carbons (Fsp3) is 0.118. The zero-order chi connectivity index (χ0) is 16.4. The number of pyridine rings is 1. The van der Waals surface area contributed by atoms with Crippen LogP contribution in [-0.2, 0) is 10.0 Å². The predicted octanol–water partition coefficient (Wildman–Crippen LogP) is 3.35. The minimum Gasteiger partial charge on any atom is -0.481 e. The van der Waals surface area contributed by atoms with Crippen LogP contribution in [0.2, 0.25) is 0 Å². The minimum atomic E-state index is -3.61. The van der Waals surface area contributed by atoms with E-state index in [9.17, 15) is 8.42 Å². The monoisotopic (exact) mass is 328 g/mol. The predicted molar refractivity (Wildman–Crippen MR) is 90.3 cm³/mol. The first kappa shape index (κ1) is 15.3. The molecule has 0 aliphatic rings. The van der Waals surface area contributed by atoms with Crippen molar-refractivity contribution in [3.8, 4) is 5.88 Å². The molecule has 0 aliphatic carbocycles. The summed E-state index contributed by atoms with van der Waals surface area (Å²) in [5.74, 6) is 0.519. The number of ether oxygens (including phenoxy) is 1. The average molecular weight is 328 g/mol. The molecular weight excluding hydrogens is 312 g/mol. The molecule has 1 heterocycles. The number of fused-ring (bicyclic) bond motifs is 1. The number of hydrogen-bond acceptors (Lipinski definition) is 4. The van der Waals surface area contributed by atoms with Crippen molar-refractivity contribution in [1.82, 2.24) is 4.98 Å². The molecule has 0 radical (unpaired) electrons. The quantitative estimate of drug-likeness (QED) is 0.797.